The van der Waals surface area contributed by atoms with Crippen LogP contribution in [0.2, 0.25) is 0 Å². The molecule has 0 radical (unpaired) electrons. The number of aliphatic carboxylic acids is 1. The predicted molar refractivity (Wildman–Crippen MR) is 69.3 cm³/mol. The van der Waals surface area contributed by atoms with Gasteiger partial charge in [-0.25, -0.2) is 4.79 Å². The second-order valence-electron chi connectivity index (χ2n) is 5.53. The molecule has 5 heteroatoms. The Labute approximate surface area is 108 Å². The molecule has 0 bridgehead atoms. The summed E-state index contributed by atoms with van der Waals surface area (Å²) in [5.41, 5.74) is 0. The number of amides is 2. The molecular formula is C13H24N2O3. The van der Waals surface area contributed by atoms with E-state index in [9.17, 15) is 9.59 Å². The van der Waals surface area contributed by atoms with E-state index in [-0.39, 0.29) is 12.6 Å². The molecule has 5 nitrogen and oxygen atoms in total. The maximum atomic E-state index is 11.4. The van der Waals surface area contributed by atoms with Gasteiger partial charge in [-0.1, -0.05) is 26.7 Å². The first-order valence-corrected chi connectivity index (χ1v) is 6.73. The van der Waals surface area contributed by atoms with Crippen LogP contribution in [0, 0.1) is 17.8 Å². The summed E-state index contributed by atoms with van der Waals surface area (Å²) in [5, 5.41) is 14.4. The molecule has 1 aliphatic rings. The monoisotopic (exact) mass is 256 g/mol. The van der Waals surface area contributed by atoms with Crippen LogP contribution in [0.4, 0.5) is 4.79 Å². The first-order chi connectivity index (χ1) is 8.49. The van der Waals surface area contributed by atoms with Gasteiger partial charge in [-0.05, 0) is 24.7 Å². The summed E-state index contributed by atoms with van der Waals surface area (Å²) in [6.07, 6.45) is 4.16. The number of carbonyl (C=O) groups is 2. The highest BCUT2D eigenvalue weighted by atomic mass is 16.4. The Morgan fingerprint density at radius 3 is 2.44 bits per heavy atom. The molecule has 0 aromatic heterocycles. The van der Waals surface area contributed by atoms with E-state index in [1.54, 1.807) is 0 Å². The molecule has 1 fully saturated rings. The zero-order chi connectivity index (χ0) is 13.5. The Kier molecular flexibility index (Phi) is 5.95. The van der Waals surface area contributed by atoms with Crippen LogP contribution in [-0.4, -0.2) is 30.2 Å². The van der Waals surface area contributed by atoms with Crippen molar-refractivity contribution in [1.29, 1.82) is 0 Å². The molecule has 18 heavy (non-hydrogen) atoms. The van der Waals surface area contributed by atoms with Crippen molar-refractivity contribution in [3.63, 3.8) is 0 Å². The average molecular weight is 256 g/mol. The van der Waals surface area contributed by atoms with E-state index in [2.05, 4.69) is 10.6 Å². The van der Waals surface area contributed by atoms with Gasteiger partial charge in [0.1, 0.15) is 0 Å². The molecule has 104 valence electrons. The van der Waals surface area contributed by atoms with Gasteiger partial charge >= 0.3 is 12.0 Å². The van der Waals surface area contributed by atoms with Crippen LogP contribution in [0.1, 0.15) is 39.5 Å². The maximum Gasteiger partial charge on any atom is 0.314 e. The van der Waals surface area contributed by atoms with Crippen LogP contribution < -0.4 is 10.6 Å². The van der Waals surface area contributed by atoms with Gasteiger partial charge in [0.05, 0.1) is 5.92 Å². The topological polar surface area (TPSA) is 78.4 Å². The van der Waals surface area contributed by atoms with Gasteiger partial charge in [0, 0.05) is 13.1 Å². The van der Waals surface area contributed by atoms with Crippen LogP contribution in [0.15, 0.2) is 0 Å². The number of rotatable bonds is 8. The summed E-state index contributed by atoms with van der Waals surface area (Å²) in [7, 11) is 0. The van der Waals surface area contributed by atoms with Gasteiger partial charge in [0.15, 0.2) is 0 Å². The molecule has 1 aliphatic carbocycles. The van der Waals surface area contributed by atoms with Crippen molar-refractivity contribution in [1.82, 2.24) is 10.6 Å². The zero-order valence-electron chi connectivity index (χ0n) is 11.2. The van der Waals surface area contributed by atoms with Gasteiger partial charge in [0.2, 0.25) is 0 Å². The summed E-state index contributed by atoms with van der Waals surface area (Å²) in [6.45, 7) is 4.83. The van der Waals surface area contributed by atoms with Crippen molar-refractivity contribution in [2.75, 3.05) is 13.1 Å². The lowest BCUT2D eigenvalue weighted by Gasteiger charge is -2.15. The third-order valence-electron chi connectivity index (χ3n) is 3.15. The van der Waals surface area contributed by atoms with E-state index >= 15 is 0 Å². The third kappa shape index (κ3) is 6.47. The molecular weight excluding hydrogens is 232 g/mol. The molecule has 3 N–H and O–H groups in total. The number of urea groups is 1. The SMILES string of the molecule is CC(C)CC(CNC(=O)NCCC1CC1)C(=O)O. The highest BCUT2D eigenvalue weighted by molar-refractivity contribution is 5.75. The first-order valence-electron chi connectivity index (χ1n) is 6.73. The molecule has 1 rings (SSSR count). The lowest BCUT2D eigenvalue weighted by molar-refractivity contribution is -0.142. The van der Waals surface area contributed by atoms with Crippen LogP contribution in [-0.2, 0) is 4.79 Å². The molecule has 1 saturated carbocycles. The number of carboxylic acid groups (broad SMARTS) is 1. The molecule has 0 aromatic carbocycles. The average Bonchev–Trinajstić information content (AvgIpc) is 3.07. The highest BCUT2D eigenvalue weighted by Crippen LogP contribution is 2.31. The summed E-state index contributed by atoms with van der Waals surface area (Å²) >= 11 is 0. The highest BCUT2D eigenvalue weighted by Gasteiger charge is 2.21. The largest absolute Gasteiger partial charge is 0.481 e. The van der Waals surface area contributed by atoms with Crippen molar-refractivity contribution in [2.24, 2.45) is 17.8 Å². The van der Waals surface area contributed by atoms with Gasteiger partial charge < -0.3 is 15.7 Å². The summed E-state index contributed by atoms with van der Waals surface area (Å²) in [5.74, 6) is -0.245. The fourth-order valence-electron chi connectivity index (χ4n) is 1.92. The number of hydrogen-bond acceptors (Lipinski definition) is 2. The molecule has 0 aromatic rings. The Morgan fingerprint density at radius 2 is 1.94 bits per heavy atom. The van der Waals surface area contributed by atoms with E-state index in [1.165, 1.54) is 12.8 Å². The van der Waals surface area contributed by atoms with Gasteiger partial charge in [-0.3, -0.25) is 4.79 Å². The van der Waals surface area contributed by atoms with E-state index < -0.39 is 11.9 Å². The summed E-state index contributed by atoms with van der Waals surface area (Å²) < 4.78 is 0. The van der Waals surface area contributed by atoms with Crippen LogP contribution in [0.5, 0.6) is 0 Å². The number of hydrogen-bond donors (Lipinski definition) is 3. The van der Waals surface area contributed by atoms with Gasteiger partial charge in [-0.2, -0.15) is 0 Å². The van der Waals surface area contributed by atoms with Crippen molar-refractivity contribution in [3.8, 4) is 0 Å². The van der Waals surface area contributed by atoms with Gasteiger partial charge in [-0.15, -0.1) is 0 Å². The van der Waals surface area contributed by atoms with Crippen LogP contribution >= 0.6 is 0 Å². The molecule has 0 spiro atoms. The summed E-state index contributed by atoms with van der Waals surface area (Å²) in [6, 6.07) is -0.259. The van der Waals surface area contributed by atoms with Crippen molar-refractivity contribution < 1.29 is 14.7 Å². The van der Waals surface area contributed by atoms with E-state index in [0.29, 0.717) is 18.9 Å². The maximum absolute atomic E-state index is 11.4. The van der Waals surface area contributed by atoms with E-state index in [4.69, 9.17) is 5.11 Å². The molecule has 2 amide bonds. The molecule has 0 heterocycles. The lowest BCUT2D eigenvalue weighted by atomic mass is 9.97. The molecule has 0 saturated heterocycles. The Hall–Kier alpha value is -1.26. The van der Waals surface area contributed by atoms with Crippen molar-refractivity contribution >= 4 is 12.0 Å². The van der Waals surface area contributed by atoms with Crippen LogP contribution in [0.25, 0.3) is 0 Å². The van der Waals surface area contributed by atoms with Crippen LogP contribution in [0.3, 0.4) is 0 Å². The lowest BCUT2D eigenvalue weighted by Crippen LogP contribution is -2.40. The fraction of sp³-hybridized carbons (Fsp3) is 0.846. The number of carbonyl (C=O) groups excluding carboxylic acids is 1. The summed E-state index contributed by atoms with van der Waals surface area (Å²) in [4.78, 5) is 22.4. The minimum Gasteiger partial charge on any atom is -0.481 e. The molecule has 1 unspecified atom stereocenters. The Morgan fingerprint density at radius 1 is 1.28 bits per heavy atom. The van der Waals surface area contributed by atoms with E-state index in [0.717, 1.165) is 12.3 Å². The Balaban J connectivity index is 2.14. The number of nitrogens with one attached hydrogen (secondary N) is 2. The van der Waals surface area contributed by atoms with Crippen molar-refractivity contribution in [3.05, 3.63) is 0 Å². The van der Waals surface area contributed by atoms with Gasteiger partial charge in [0.25, 0.3) is 0 Å². The smallest absolute Gasteiger partial charge is 0.314 e. The minimum absolute atomic E-state index is 0.197. The first kappa shape index (κ1) is 14.8. The normalized spacial score (nSPS) is 16.4. The molecule has 1 atom stereocenters. The predicted octanol–water partition coefficient (Wildman–Crippen LogP) is 1.83. The second-order valence-corrected chi connectivity index (χ2v) is 5.53. The van der Waals surface area contributed by atoms with Crippen molar-refractivity contribution in [2.45, 2.75) is 39.5 Å². The third-order valence-corrected chi connectivity index (χ3v) is 3.15. The van der Waals surface area contributed by atoms with E-state index in [1.807, 2.05) is 13.8 Å². The number of carboxylic acids is 1. The standard InChI is InChI=1S/C13H24N2O3/c1-9(2)7-11(12(16)17)8-15-13(18)14-6-5-10-3-4-10/h9-11H,3-8H2,1-2H3,(H,16,17)(H2,14,15,18). The Bertz CT molecular complexity index is 288. The molecule has 0 aliphatic heterocycles. The zero-order valence-corrected chi connectivity index (χ0v) is 11.2. The fourth-order valence-corrected chi connectivity index (χ4v) is 1.92. The quantitative estimate of drug-likeness (QED) is 0.620. The minimum atomic E-state index is -0.845. The second kappa shape index (κ2) is 7.24.